The summed E-state index contributed by atoms with van der Waals surface area (Å²) in [5.41, 5.74) is 7.24. The molecule has 168 valence electrons. The molecular weight excluding hydrogens is 425 g/mol. The summed E-state index contributed by atoms with van der Waals surface area (Å²) in [7, 11) is 0. The Morgan fingerprint density at radius 1 is 1.00 bits per heavy atom. The lowest BCUT2D eigenvalue weighted by atomic mass is 9.94. The molecule has 2 aromatic carbocycles. The average molecular weight is 450 g/mol. The summed E-state index contributed by atoms with van der Waals surface area (Å²) in [4.78, 5) is 14.4. The van der Waals surface area contributed by atoms with Crippen LogP contribution in [0.2, 0.25) is 0 Å². The Morgan fingerprint density at radius 2 is 1.82 bits per heavy atom. The minimum absolute atomic E-state index is 0.258. The number of nitrogens with zero attached hydrogens (tertiary/aromatic N) is 4. The van der Waals surface area contributed by atoms with Gasteiger partial charge in [-0.2, -0.15) is 0 Å². The van der Waals surface area contributed by atoms with Crippen LogP contribution in [0.4, 0.5) is 15.8 Å². The molecule has 1 aromatic heterocycles. The van der Waals surface area contributed by atoms with Crippen molar-refractivity contribution in [3.8, 4) is 17.1 Å². The van der Waals surface area contributed by atoms with Crippen molar-refractivity contribution >= 4 is 22.4 Å². The predicted octanol–water partition coefficient (Wildman–Crippen LogP) is 6.17. The van der Waals surface area contributed by atoms with Crippen molar-refractivity contribution in [2.24, 2.45) is 4.99 Å². The number of halogens is 1. The van der Waals surface area contributed by atoms with Crippen molar-refractivity contribution < 1.29 is 4.39 Å². The number of rotatable bonds is 4. The van der Waals surface area contributed by atoms with E-state index >= 15 is 0 Å². The van der Waals surface area contributed by atoms with E-state index in [0.717, 1.165) is 63.4 Å². The number of anilines is 2. The van der Waals surface area contributed by atoms with Gasteiger partial charge in [0.1, 0.15) is 5.82 Å². The van der Waals surface area contributed by atoms with E-state index in [9.17, 15) is 4.39 Å². The Balaban J connectivity index is 1.62. The molecule has 0 unspecified atom stereocenters. The molecule has 6 rings (SSSR count). The zero-order valence-electron chi connectivity index (χ0n) is 18.9. The predicted molar refractivity (Wildman–Crippen MR) is 133 cm³/mol. The Hall–Kier alpha value is -4.06. The summed E-state index contributed by atoms with van der Waals surface area (Å²) in [5.74, 6) is -0.258. The maximum Gasteiger partial charge on any atom is 0.123 e. The molecule has 2 aliphatic carbocycles. The fraction of sp³-hybridized carbons (Fsp3) is 0.179. The van der Waals surface area contributed by atoms with Gasteiger partial charge < -0.3 is 9.88 Å². The molecule has 0 amide bonds. The molecule has 0 saturated heterocycles. The van der Waals surface area contributed by atoms with Crippen molar-refractivity contribution in [3.05, 3.63) is 95.9 Å². The fourth-order valence-electron chi connectivity index (χ4n) is 4.33. The van der Waals surface area contributed by atoms with Crippen LogP contribution < -0.4 is 10.7 Å². The van der Waals surface area contributed by atoms with E-state index in [1.807, 2.05) is 49.5 Å². The first kappa shape index (κ1) is 20.5. The summed E-state index contributed by atoms with van der Waals surface area (Å²) < 4.78 is 15.9. The van der Waals surface area contributed by atoms with Gasteiger partial charge in [0.2, 0.25) is 0 Å². The lowest BCUT2D eigenvalue weighted by Crippen LogP contribution is -2.22. The number of para-hydroxylation sites is 2. The van der Waals surface area contributed by atoms with E-state index in [2.05, 4.69) is 27.0 Å². The van der Waals surface area contributed by atoms with Crippen LogP contribution in [-0.2, 0) is 0 Å². The summed E-state index contributed by atoms with van der Waals surface area (Å²) in [6.07, 6.45) is 5.27. The molecule has 0 atom stereocenters. The van der Waals surface area contributed by atoms with Crippen LogP contribution in [0.15, 0.2) is 84.0 Å². The number of fused-ring (bicyclic) bond motifs is 2. The van der Waals surface area contributed by atoms with Gasteiger partial charge >= 0.3 is 0 Å². The SMILES string of the molecule is Cc1ccc(Nc2cc3nc4ccccc4n(-c4ccc(F)cc4)c-3cc2=NC2CCC2)cn1. The smallest absolute Gasteiger partial charge is 0.123 e. The summed E-state index contributed by atoms with van der Waals surface area (Å²) in [5, 5.41) is 4.40. The molecule has 3 aromatic rings. The van der Waals surface area contributed by atoms with Crippen LogP contribution in [0.1, 0.15) is 25.0 Å². The highest BCUT2D eigenvalue weighted by Gasteiger charge is 2.19. The number of hydrogen-bond acceptors (Lipinski definition) is 4. The maximum absolute atomic E-state index is 13.7. The van der Waals surface area contributed by atoms with Crippen LogP contribution in [-0.4, -0.2) is 20.6 Å². The average Bonchev–Trinajstić information content (AvgIpc) is 2.82. The van der Waals surface area contributed by atoms with Gasteiger partial charge in [-0.25, -0.2) is 9.37 Å². The molecule has 1 fully saturated rings. The van der Waals surface area contributed by atoms with Crippen LogP contribution in [0.3, 0.4) is 0 Å². The molecule has 1 saturated carbocycles. The lowest BCUT2D eigenvalue weighted by molar-refractivity contribution is 0.413. The Kier molecular flexibility index (Phi) is 5.06. The molecule has 0 spiro atoms. The van der Waals surface area contributed by atoms with Gasteiger partial charge in [0, 0.05) is 11.4 Å². The fourth-order valence-corrected chi connectivity index (χ4v) is 4.33. The third-order valence-electron chi connectivity index (χ3n) is 6.37. The molecular formula is C28H24FN5. The molecule has 3 aliphatic rings. The van der Waals surface area contributed by atoms with Gasteiger partial charge in [0.25, 0.3) is 0 Å². The maximum atomic E-state index is 13.7. The Morgan fingerprint density at radius 3 is 2.56 bits per heavy atom. The number of nitrogens with one attached hydrogen (secondary N) is 1. The largest absolute Gasteiger partial charge is 0.352 e. The molecule has 5 nitrogen and oxygen atoms in total. The standard InChI is InChI=1S/C28H24FN5/c1-18-9-12-21(17-30-18)32-24-15-26-28(16-25(24)31-20-5-4-6-20)34(22-13-10-19(29)11-14-22)27-8-3-2-7-23(27)33-26/h2-3,7-17,20,32H,4-6H2,1H3. The number of pyridine rings is 1. The minimum Gasteiger partial charge on any atom is -0.352 e. The second-order valence-electron chi connectivity index (χ2n) is 8.80. The second-order valence-corrected chi connectivity index (χ2v) is 8.80. The number of benzene rings is 3. The molecule has 1 aliphatic heterocycles. The van der Waals surface area contributed by atoms with E-state index in [4.69, 9.17) is 9.98 Å². The van der Waals surface area contributed by atoms with Crippen molar-refractivity contribution in [2.45, 2.75) is 32.2 Å². The highest BCUT2D eigenvalue weighted by Crippen LogP contribution is 2.31. The summed E-state index contributed by atoms with van der Waals surface area (Å²) in [6.45, 7) is 1.97. The quantitative estimate of drug-likeness (QED) is 0.334. The van der Waals surface area contributed by atoms with Gasteiger partial charge in [0.15, 0.2) is 0 Å². The third kappa shape index (κ3) is 3.81. The first-order chi connectivity index (χ1) is 16.6. The number of aryl methyl sites for hydroxylation is 1. The van der Waals surface area contributed by atoms with Crippen LogP contribution in [0.25, 0.3) is 28.1 Å². The third-order valence-corrected chi connectivity index (χ3v) is 6.37. The van der Waals surface area contributed by atoms with E-state index < -0.39 is 0 Å². The Bertz CT molecular complexity index is 1520. The molecule has 34 heavy (non-hydrogen) atoms. The summed E-state index contributed by atoms with van der Waals surface area (Å²) >= 11 is 0. The van der Waals surface area contributed by atoms with Crippen LogP contribution >= 0.6 is 0 Å². The lowest BCUT2D eigenvalue weighted by Gasteiger charge is -2.23. The van der Waals surface area contributed by atoms with Gasteiger partial charge in [0.05, 0.1) is 51.4 Å². The second kappa shape index (κ2) is 8.37. The zero-order valence-corrected chi connectivity index (χ0v) is 18.9. The molecule has 0 radical (unpaired) electrons. The van der Waals surface area contributed by atoms with Crippen LogP contribution in [0, 0.1) is 12.7 Å². The van der Waals surface area contributed by atoms with Gasteiger partial charge in [-0.3, -0.25) is 9.98 Å². The van der Waals surface area contributed by atoms with Gasteiger partial charge in [-0.1, -0.05) is 12.1 Å². The van der Waals surface area contributed by atoms with Crippen molar-refractivity contribution in [2.75, 3.05) is 5.32 Å². The van der Waals surface area contributed by atoms with Gasteiger partial charge in [-0.15, -0.1) is 0 Å². The van der Waals surface area contributed by atoms with E-state index in [0.29, 0.717) is 6.04 Å². The minimum atomic E-state index is -0.258. The molecule has 6 heteroatoms. The van der Waals surface area contributed by atoms with Crippen molar-refractivity contribution in [1.29, 1.82) is 0 Å². The van der Waals surface area contributed by atoms with E-state index in [-0.39, 0.29) is 5.82 Å². The Labute approximate surface area is 197 Å². The highest BCUT2D eigenvalue weighted by atomic mass is 19.1. The van der Waals surface area contributed by atoms with E-state index in [1.54, 1.807) is 12.1 Å². The molecule has 1 N–H and O–H groups in total. The number of hydrogen-bond donors (Lipinski definition) is 1. The topological polar surface area (TPSA) is 55.1 Å². The van der Waals surface area contributed by atoms with Crippen molar-refractivity contribution in [3.63, 3.8) is 0 Å². The molecule has 2 heterocycles. The molecule has 0 bridgehead atoms. The monoisotopic (exact) mass is 449 g/mol. The first-order valence-corrected chi connectivity index (χ1v) is 11.6. The van der Waals surface area contributed by atoms with E-state index in [1.165, 1.54) is 18.6 Å². The first-order valence-electron chi connectivity index (χ1n) is 11.6. The van der Waals surface area contributed by atoms with Gasteiger partial charge in [-0.05, 0) is 86.8 Å². The zero-order chi connectivity index (χ0) is 23.1. The summed E-state index contributed by atoms with van der Waals surface area (Å²) in [6, 6.07) is 23.1. The van der Waals surface area contributed by atoms with Crippen molar-refractivity contribution in [1.82, 2.24) is 14.5 Å². The highest BCUT2D eigenvalue weighted by molar-refractivity contribution is 5.84. The number of aromatic nitrogens is 3. The van der Waals surface area contributed by atoms with Crippen LogP contribution in [0.5, 0.6) is 0 Å². The normalized spacial score (nSPS) is 14.5.